The normalized spacial score (nSPS) is 11.8. The van der Waals surface area contributed by atoms with Gasteiger partial charge < -0.3 is 9.47 Å². The maximum atomic E-state index is 13.2. The molecule has 0 N–H and O–H groups in total. The second-order valence-corrected chi connectivity index (χ2v) is 6.71. The Morgan fingerprint density at radius 3 is 1.90 bits per heavy atom. The number of ether oxygens (including phenoxy) is 2. The molecule has 154 valence electrons. The van der Waals surface area contributed by atoms with Crippen LogP contribution in [-0.4, -0.2) is 30.9 Å². The zero-order valence-electron chi connectivity index (χ0n) is 16.2. The van der Waals surface area contributed by atoms with E-state index in [2.05, 4.69) is 0 Å². The minimum atomic E-state index is -1.32. The van der Waals surface area contributed by atoms with Gasteiger partial charge in [-0.25, -0.2) is 4.39 Å². The summed E-state index contributed by atoms with van der Waals surface area (Å²) >= 11 is 5.95. The first kappa shape index (κ1) is 22.6. The Morgan fingerprint density at radius 1 is 0.897 bits per heavy atom. The molecule has 0 spiro atoms. The molecule has 2 aromatic carbocycles. The standard InChI is InChI=1S/C22H22ClFO5/c1-3-28-21(26)20(22(27)29-4-2)18(14-5-9-16(23)10-6-14)13-19(25)15-7-11-17(24)12-8-15/h5-12,18,20H,3-4,13H2,1-2H3. The van der Waals surface area contributed by atoms with Gasteiger partial charge >= 0.3 is 11.9 Å². The number of hydrogen-bond donors (Lipinski definition) is 0. The summed E-state index contributed by atoms with van der Waals surface area (Å²) in [6, 6.07) is 11.6. The molecule has 0 fully saturated rings. The number of esters is 2. The van der Waals surface area contributed by atoms with Crippen LogP contribution in [0.2, 0.25) is 5.02 Å². The number of carbonyl (C=O) groups is 3. The third-order valence-corrected chi connectivity index (χ3v) is 4.61. The lowest BCUT2D eigenvalue weighted by Crippen LogP contribution is -2.34. The third kappa shape index (κ3) is 6.12. The van der Waals surface area contributed by atoms with E-state index in [1.54, 1.807) is 38.1 Å². The Bertz CT molecular complexity index is 831. The van der Waals surface area contributed by atoms with Crippen molar-refractivity contribution >= 4 is 29.3 Å². The molecule has 1 atom stereocenters. The van der Waals surface area contributed by atoms with Crippen LogP contribution in [0.1, 0.15) is 42.1 Å². The predicted octanol–water partition coefficient (Wildman–Crippen LogP) is 4.58. The fourth-order valence-electron chi connectivity index (χ4n) is 2.98. The molecule has 0 radical (unpaired) electrons. The summed E-state index contributed by atoms with van der Waals surface area (Å²) < 4.78 is 23.3. The molecule has 0 bridgehead atoms. The number of hydrogen-bond acceptors (Lipinski definition) is 5. The van der Waals surface area contributed by atoms with E-state index in [1.807, 2.05) is 0 Å². The first-order valence-corrected chi connectivity index (χ1v) is 9.62. The maximum absolute atomic E-state index is 13.2. The molecule has 0 heterocycles. The van der Waals surface area contributed by atoms with E-state index in [1.165, 1.54) is 24.3 Å². The van der Waals surface area contributed by atoms with Crippen molar-refractivity contribution in [3.8, 4) is 0 Å². The van der Waals surface area contributed by atoms with Gasteiger partial charge in [-0.05, 0) is 55.8 Å². The molecule has 0 amide bonds. The van der Waals surface area contributed by atoms with Crippen LogP contribution in [0.3, 0.4) is 0 Å². The molecule has 0 aliphatic heterocycles. The highest BCUT2D eigenvalue weighted by Gasteiger charge is 2.39. The molecule has 0 aromatic heterocycles. The zero-order chi connectivity index (χ0) is 21.4. The van der Waals surface area contributed by atoms with Crippen molar-refractivity contribution in [3.05, 3.63) is 70.5 Å². The van der Waals surface area contributed by atoms with Gasteiger partial charge in [-0.15, -0.1) is 0 Å². The van der Waals surface area contributed by atoms with Gasteiger partial charge in [0.05, 0.1) is 13.2 Å². The molecule has 0 saturated carbocycles. The van der Waals surface area contributed by atoms with E-state index in [0.717, 1.165) is 0 Å². The van der Waals surface area contributed by atoms with E-state index in [4.69, 9.17) is 21.1 Å². The molecular formula is C22H22ClFO5. The summed E-state index contributed by atoms with van der Waals surface area (Å²) in [6.45, 7) is 3.41. The number of carbonyl (C=O) groups excluding carboxylic acids is 3. The van der Waals surface area contributed by atoms with Crippen molar-refractivity contribution in [1.29, 1.82) is 0 Å². The Morgan fingerprint density at radius 2 is 1.41 bits per heavy atom. The predicted molar refractivity (Wildman–Crippen MR) is 106 cm³/mol. The minimum Gasteiger partial charge on any atom is -0.465 e. The monoisotopic (exact) mass is 420 g/mol. The minimum absolute atomic E-state index is 0.0774. The van der Waals surface area contributed by atoms with Crippen molar-refractivity contribution in [3.63, 3.8) is 0 Å². The molecule has 0 saturated heterocycles. The number of benzene rings is 2. The summed E-state index contributed by atoms with van der Waals surface area (Å²) in [7, 11) is 0. The van der Waals surface area contributed by atoms with Crippen LogP contribution in [0.15, 0.2) is 48.5 Å². The van der Waals surface area contributed by atoms with E-state index >= 15 is 0 Å². The number of rotatable bonds is 9. The van der Waals surface area contributed by atoms with Crippen LogP contribution in [0, 0.1) is 11.7 Å². The van der Waals surface area contributed by atoms with Gasteiger partial charge in [0.25, 0.3) is 0 Å². The van der Waals surface area contributed by atoms with Gasteiger partial charge in [0.15, 0.2) is 11.7 Å². The second kappa shape index (κ2) is 10.7. The number of Topliss-reactive ketones (excluding diaryl/α,β-unsaturated/α-hetero) is 1. The fourth-order valence-corrected chi connectivity index (χ4v) is 3.11. The largest absolute Gasteiger partial charge is 0.465 e. The van der Waals surface area contributed by atoms with Crippen LogP contribution >= 0.6 is 11.6 Å². The first-order chi connectivity index (χ1) is 13.9. The summed E-state index contributed by atoms with van der Waals surface area (Å²) in [5, 5.41) is 0.473. The van der Waals surface area contributed by atoms with Gasteiger partial charge in [0.1, 0.15) is 5.82 Å². The lowest BCUT2D eigenvalue weighted by Gasteiger charge is -2.24. The highest BCUT2D eigenvalue weighted by atomic mass is 35.5. The summed E-state index contributed by atoms with van der Waals surface area (Å²) in [5.41, 5.74) is 0.841. The number of ketones is 1. The summed E-state index contributed by atoms with van der Waals surface area (Å²) in [6.07, 6.45) is -0.171. The zero-order valence-corrected chi connectivity index (χ0v) is 16.9. The topological polar surface area (TPSA) is 69.7 Å². The van der Waals surface area contributed by atoms with Gasteiger partial charge in [-0.2, -0.15) is 0 Å². The quantitative estimate of drug-likeness (QED) is 0.337. The van der Waals surface area contributed by atoms with Crippen LogP contribution in [0.5, 0.6) is 0 Å². The van der Waals surface area contributed by atoms with Crippen molar-refractivity contribution in [2.24, 2.45) is 5.92 Å². The average Bonchev–Trinajstić information content (AvgIpc) is 2.69. The third-order valence-electron chi connectivity index (χ3n) is 4.35. The molecule has 2 aromatic rings. The van der Waals surface area contributed by atoms with Crippen LogP contribution in [0.4, 0.5) is 4.39 Å². The smallest absolute Gasteiger partial charge is 0.320 e. The van der Waals surface area contributed by atoms with Crippen molar-refractivity contribution in [1.82, 2.24) is 0 Å². The van der Waals surface area contributed by atoms with E-state index in [-0.39, 0.29) is 31.0 Å². The van der Waals surface area contributed by atoms with Crippen LogP contribution in [0.25, 0.3) is 0 Å². The SMILES string of the molecule is CCOC(=O)C(C(=O)OCC)C(CC(=O)c1ccc(F)cc1)c1ccc(Cl)cc1. The van der Waals surface area contributed by atoms with Crippen LogP contribution < -0.4 is 0 Å². The maximum Gasteiger partial charge on any atom is 0.320 e. The fraction of sp³-hybridized carbons (Fsp3) is 0.318. The van der Waals surface area contributed by atoms with Crippen molar-refractivity contribution in [2.45, 2.75) is 26.2 Å². The summed E-state index contributed by atoms with van der Waals surface area (Å²) in [5.74, 6) is -4.49. The lowest BCUT2D eigenvalue weighted by molar-refractivity contribution is -0.162. The molecular weight excluding hydrogens is 399 g/mol. The van der Waals surface area contributed by atoms with Gasteiger partial charge in [-0.1, -0.05) is 23.7 Å². The van der Waals surface area contributed by atoms with E-state index in [0.29, 0.717) is 10.6 Å². The van der Waals surface area contributed by atoms with Gasteiger partial charge in [-0.3, -0.25) is 14.4 Å². The molecule has 0 aliphatic rings. The molecule has 29 heavy (non-hydrogen) atoms. The molecule has 0 aliphatic carbocycles. The van der Waals surface area contributed by atoms with Crippen molar-refractivity contribution < 1.29 is 28.2 Å². The lowest BCUT2D eigenvalue weighted by atomic mass is 9.81. The van der Waals surface area contributed by atoms with Crippen molar-refractivity contribution in [2.75, 3.05) is 13.2 Å². The Hall–Kier alpha value is -2.73. The van der Waals surface area contributed by atoms with Gasteiger partial charge in [0, 0.05) is 22.9 Å². The molecule has 1 unspecified atom stereocenters. The Kier molecular flexibility index (Phi) is 8.34. The van der Waals surface area contributed by atoms with Gasteiger partial charge in [0.2, 0.25) is 0 Å². The van der Waals surface area contributed by atoms with Crippen LogP contribution in [-0.2, 0) is 19.1 Å². The van der Waals surface area contributed by atoms with E-state index in [9.17, 15) is 18.8 Å². The first-order valence-electron chi connectivity index (χ1n) is 9.24. The molecule has 2 rings (SSSR count). The average molecular weight is 421 g/mol. The Labute approximate surface area is 173 Å². The summed E-state index contributed by atoms with van der Waals surface area (Å²) in [4.78, 5) is 38.0. The molecule has 7 heteroatoms. The number of halogens is 2. The highest BCUT2D eigenvalue weighted by Crippen LogP contribution is 2.33. The van der Waals surface area contributed by atoms with E-state index < -0.39 is 29.6 Å². The highest BCUT2D eigenvalue weighted by molar-refractivity contribution is 6.30. The molecule has 5 nitrogen and oxygen atoms in total. The Balaban J connectivity index is 2.44. The second-order valence-electron chi connectivity index (χ2n) is 6.27.